The van der Waals surface area contributed by atoms with Gasteiger partial charge in [0.25, 0.3) is 0 Å². The first-order valence-electron chi connectivity index (χ1n) is 8.10. The summed E-state index contributed by atoms with van der Waals surface area (Å²) < 4.78 is 6.05. The van der Waals surface area contributed by atoms with Crippen molar-refractivity contribution in [2.75, 3.05) is 0 Å². The van der Waals surface area contributed by atoms with Crippen molar-refractivity contribution < 1.29 is 4.74 Å². The Labute approximate surface area is 122 Å². The van der Waals surface area contributed by atoms with Gasteiger partial charge in [-0.1, -0.05) is 25.8 Å². The summed E-state index contributed by atoms with van der Waals surface area (Å²) in [7, 11) is 0. The number of hydrogen-bond donors (Lipinski definition) is 1. The fourth-order valence-corrected chi connectivity index (χ4v) is 2.92. The summed E-state index contributed by atoms with van der Waals surface area (Å²) in [4.78, 5) is 4.52. The van der Waals surface area contributed by atoms with Crippen molar-refractivity contribution in [3.05, 3.63) is 29.6 Å². The van der Waals surface area contributed by atoms with Crippen LogP contribution < -0.4 is 5.32 Å². The number of rotatable bonds is 6. The molecule has 2 unspecified atom stereocenters. The van der Waals surface area contributed by atoms with Gasteiger partial charge in [0.15, 0.2) is 0 Å². The molecule has 20 heavy (non-hydrogen) atoms. The van der Waals surface area contributed by atoms with Crippen LogP contribution in [-0.2, 0) is 17.9 Å². The molecule has 3 rings (SSSR count). The van der Waals surface area contributed by atoms with Crippen LogP contribution in [0.15, 0.2) is 18.3 Å². The van der Waals surface area contributed by atoms with Crippen molar-refractivity contribution in [3.63, 3.8) is 0 Å². The quantitative estimate of drug-likeness (QED) is 0.863. The van der Waals surface area contributed by atoms with Gasteiger partial charge < -0.3 is 10.1 Å². The Morgan fingerprint density at radius 3 is 2.75 bits per heavy atom. The predicted octanol–water partition coefficient (Wildman–Crippen LogP) is 3.43. The molecule has 2 aliphatic carbocycles. The van der Waals surface area contributed by atoms with Crippen LogP contribution in [0.2, 0.25) is 0 Å². The highest BCUT2D eigenvalue weighted by Crippen LogP contribution is 2.26. The third kappa shape index (κ3) is 4.03. The molecule has 110 valence electrons. The van der Waals surface area contributed by atoms with Crippen molar-refractivity contribution in [3.8, 4) is 0 Å². The fraction of sp³-hybridized carbons (Fsp3) is 0.706. The van der Waals surface area contributed by atoms with E-state index >= 15 is 0 Å². The summed E-state index contributed by atoms with van der Waals surface area (Å²) in [6.45, 7) is 3.91. The molecular formula is C17H26N2O. The van der Waals surface area contributed by atoms with Crippen molar-refractivity contribution >= 4 is 0 Å². The molecule has 2 fully saturated rings. The largest absolute Gasteiger partial charge is 0.372 e. The second kappa shape index (κ2) is 6.68. The van der Waals surface area contributed by atoms with E-state index in [1.807, 2.05) is 6.20 Å². The van der Waals surface area contributed by atoms with E-state index in [-0.39, 0.29) is 0 Å². The minimum atomic E-state index is 0.432. The molecule has 0 amide bonds. The SMILES string of the molecule is CC1CCCCC1OCc1ccc(CNC2CC2)cn1. The highest BCUT2D eigenvalue weighted by Gasteiger charge is 2.22. The first-order chi connectivity index (χ1) is 9.81. The van der Waals surface area contributed by atoms with E-state index in [0.29, 0.717) is 18.6 Å². The van der Waals surface area contributed by atoms with Crippen LogP contribution in [0.1, 0.15) is 56.7 Å². The van der Waals surface area contributed by atoms with Gasteiger partial charge in [0, 0.05) is 18.8 Å². The molecule has 2 atom stereocenters. The van der Waals surface area contributed by atoms with Gasteiger partial charge in [0.1, 0.15) is 0 Å². The molecule has 0 bridgehead atoms. The number of pyridine rings is 1. The van der Waals surface area contributed by atoms with E-state index in [0.717, 1.165) is 18.3 Å². The molecule has 0 spiro atoms. The lowest BCUT2D eigenvalue weighted by molar-refractivity contribution is -0.0167. The third-order valence-electron chi connectivity index (χ3n) is 4.54. The highest BCUT2D eigenvalue weighted by molar-refractivity contribution is 5.13. The molecule has 0 saturated heterocycles. The van der Waals surface area contributed by atoms with E-state index in [4.69, 9.17) is 4.74 Å². The first kappa shape index (κ1) is 14.0. The van der Waals surface area contributed by atoms with Crippen molar-refractivity contribution in [1.29, 1.82) is 0 Å². The lowest BCUT2D eigenvalue weighted by Crippen LogP contribution is -2.25. The maximum Gasteiger partial charge on any atom is 0.0891 e. The van der Waals surface area contributed by atoms with Crippen LogP contribution in [0.4, 0.5) is 0 Å². The minimum Gasteiger partial charge on any atom is -0.372 e. The van der Waals surface area contributed by atoms with Crippen LogP contribution in [0, 0.1) is 5.92 Å². The van der Waals surface area contributed by atoms with Gasteiger partial charge in [-0.2, -0.15) is 0 Å². The average molecular weight is 274 g/mol. The summed E-state index contributed by atoms with van der Waals surface area (Å²) in [6, 6.07) is 5.04. The molecule has 2 aliphatic rings. The molecule has 1 heterocycles. The summed E-state index contributed by atoms with van der Waals surface area (Å²) in [5.74, 6) is 0.700. The van der Waals surface area contributed by atoms with Crippen LogP contribution in [0.5, 0.6) is 0 Å². The second-order valence-electron chi connectivity index (χ2n) is 6.42. The van der Waals surface area contributed by atoms with Gasteiger partial charge in [-0.15, -0.1) is 0 Å². The van der Waals surface area contributed by atoms with Gasteiger partial charge in [-0.05, 0) is 43.2 Å². The molecule has 0 aromatic carbocycles. The van der Waals surface area contributed by atoms with E-state index in [1.54, 1.807) is 0 Å². The Kier molecular flexibility index (Phi) is 4.69. The van der Waals surface area contributed by atoms with Crippen LogP contribution in [-0.4, -0.2) is 17.1 Å². The summed E-state index contributed by atoms with van der Waals surface area (Å²) in [5, 5.41) is 3.51. The number of nitrogens with one attached hydrogen (secondary N) is 1. The molecule has 0 radical (unpaired) electrons. The van der Waals surface area contributed by atoms with Crippen LogP contribution in [0.25, 0.3) is 0 Å². The van der Waals surface area contributed by atoms with E-state index in [1.165, 1.54) is 44.1 Å². The molecule has 2 saturated carbocycles. The van der Waals surface area contributed by atoms with Crippen molar-refractivity contribution in [1.82, 2.24) is 10.3 Å². The van der Waals surface area contributed by atoms with E-state index < -0.39 is 0 Å². The summed E-state index contributed by atoms with van der Waals surface area (Å²) in [5.41, 5.74) is 2.32. The molecule has 1 aromatic rings. The van der Waals surface area contributed by atoms with E-state index in [2.05, 4.69) is 29.4 Å². The zero-order valence-electron chi connectivity index (χ0n) is 12.5. The van der Waals surface area contributed by atoms with Gasteiger partial charge in [-0.3, -0.25) is 4.98 Å². The lowest BCUT2D eigenvalue weighted by atomic mass is 9.88. The van der Waals surface area contributed by atoms with Gasteiger partial charge in [0.05, 0.1) is 18.4 Å². The zero-order valence-corrected chi connectivity index (χ0v) is 12.5. The van der Waals surface area contributed by atoms with Crippen molar-refractivity contribution in [2.45, 2.75) is 70.7 Å². The highest BCUT2D eigenvalue weighted by atomic mass is 16.5. The van der Waals surface area contributed by atoms with Gasteiger partial charge >= 0.3 is 0 Å². The van der Waals surface area contributed by atoms with Crippen LogP contribution >= 0.6 is 0 Å². The average Bonchev–Trinajstić information content (AvgIpc) is 3.30. The second-order valence-corrected chi connectivity index (χ2v) is 6.42. The summed E-state index contributed by atoms with van der Waals surface area (Å²) >= 11 is 0. The molecule has 1 N–H and O–H groups in total. The number of aromatic nitrogens is 1. The monoisotopic (exact) mass is 274 g/mol. The Balaban J connectivity index is 1.44. The molecule has 1 aromatic heterocycles. The lowest BCUT2D eigenvalue weighted by Gasteiger charge is -2.28. The normalized spacial score (nSPS) is 26.6. The minimum absolute atomic E-state index is 0.432. The number of hydrogen-bond acceptors (Lipinski definition) is 3. The Morgan fingerprint density at radius 1 is 1.20 bits per heavy atom. The first-order valence-corrected chi connectivity index (χ1v) is 8.10. The topological polar surface area (TPSA) is 34.1 Å². The predicted molar refractivity (Wildman–Crippen MR) is 80.3 cm³/mol. The number of ether oxygens (including phenoxy) is 1. The Bertz CT molecular complexity index is 414. The van der Waals surface area contributed by atoms with E-state index in [9.17, 15) is 0 Å². The molecule has 3 heteroatoms. The molecule has 0 aliphatic heterocycles. The van der Waals surface area contributed by atoms with Gasteiger partial charge in [-0.25, -0.2) is 0 Å². The molecule has 3 nitrogen and oxygen atoms in total. The fourth-order valence-electron chi connectivity index (χ4n) is 2.92. The molecular weight excluding hydrogens is 248 g/mol. The Morgan fingerprint density at radius 2 is 2.05 bits per heavy atom. The van der Waals surface area contributed by atoms with Crippen molar-refractivity contribution in [2.24, 2.45) is 5.92 Å². The van der Waals surface area contributed by atoms with Gasteiger partial charge in [0.2, 0.25) is 0 Å². The number of nitrogens with zero attached hydrogens (tertiary/aromatic N) is 1. The zero-order chi connectivity index (χ0) is 13.8. The summed E-state index contributed by atoms with van der Waals surface area (Å²) in [6.07, 6.45) is 10.3. The van der Waals surface area contributed by atoms with Crippen LogP contribution in [0.3, 0.4) is 0 Å². The third-order valence-corrected chi connectivity index (χ3v) is 4.54. The maximum absolute atomic E-state index is 6.05. The smallest absolute Gasteiger partial charge is 0.0891 e. The standard InChI is InChI=1S/C17H26N2O/c1-13-4-2-3-5-17(13)20-12-16-7-6-14(11-19-16)10-18-15-8-9-15/h6-7,11,13,15,17-18H,2-5,8-10,12H2,1H3. The Hall–Kier alpha value is -0.930. The maximum atomic E-state index is 6.05.